The topological polar surface area (TPSA) is 110 Å². The summed E-state index contributed by atoms with van der Waals surface area (Å²) in [6.07, 6.45) is 3.12. The van der Waals surface area contributed by atoms with E-state index in [-0.39, 0.29) is 16.1 Å². The van der Waals surface area contributed by atoms with Crippen molar-refractivity contribution >= 4 is 27.1 Å². The molecule has 154 valence electrons. The molecule has 0 saturated carbocycles. The summed E-state index contributed by atoms with van der Waals surface area (Å²) in [5.74, 6) is -0.430. The second-order valence-corrected chi connectivity index (χ2v) is 9.21. The fraction of sp³-hybridized carbons (Fsp3) is 0.350. The third kappa shape index (κ3) is 4.73. The normalized spacial score (nSPS) is 15.2. The second-order valence-electron chi connectivity index (χ2n) is 7.19. The average molecular weight is 417 g/mol. The molecule has 8 nitrogen and oxygen atoms in total. The lowest BCUT2D eigenvalue weighted by Gasteiger charge is -2.18. The van der Waals surface area contributed by atoms with Gasteiger partial charge in [0.2, 0.25) is 0 Å². The molecule has 1 amide bonds. The molecule has 0 aliphatic carbocycles. The lowest BCUT2D eigenvalue weighted by Crippen LogP contribution is -2.27. The number of nitro benzene ring substituents is 1. The van der Waals surface area contributed by atoms with Gasteiger partial charge in [0.25, 0.3) is 11.6 Å². The van der Waals surface area contributed by atoms with Crippen LogP contribution in [-0.2, 0) is 9.84 Å². The number of carbonyl (C=O) groups is 1. The van der Waals surface area contributed by atoms with Gasteiger partial charge in [-0.05, 0) is 49.6 Å². The number of amides is 1. The number of sulfone groups is 1. The predicted molar refractivity (Wildman–Crippen MR) is 110 cm³/mol. The minimum atomic E-state index is -3.29. The Bertz CT molecular complexity index is 1030. The van der Waals surface area contributed by atoms with Crippen molar-refractivity contribution in [3.63, 3.8) is 0 Å². The molecule has 9 heteroatoms. The molecule has 1 N–H and O–H groups in total. The van der Waals surface area contributed by atoms with Gasteiger partial charge in [-0.3, -0.25) is 14.9 Å². The average Bonchev–Trinajstić information content (AvgIpc) is 3.21. The summed E-state index contributed by atoms with van der Waals surface area (Å²) >= 11 is 0. The van der Waals surface area contributed by atoms with Crippen LogP contribution in [0, 0.1) is 10.1 Å². The first-order valence-electron chi connectivity index (χ1n) is 9.31. The Hall–Kier alpha value is -2.94. The summed E-state index contributed by atoms with van der Waals surface area (Å²) in [4.78, 5) is 25.8. The number of nitro groups is 1. The molecule has 2 aromatic rings. The fourth-order valence-corrected chi connectivity index (χ4v) is 4.03. The third-order valence-electron chi connectivity index (χ3n) is 5.04. The number of benzene rings is 2. The van der Waals surface area contributed by atoms with Gasteiger partial charge in [-0.2, -0.15) is 0 Å². The molecule has 1 heterocycles. The third-order valence-corrected chi connectivity index (χ3v) is 6.17. The van der Waals surface area contributed by atoms with Crippen LogP contribution < -0.4 is 10.2 Å². The van der Waals surface area contributed by atoms with Gasteiger partial charge in [0, 0.05) is 31.0 Å². The predicted octanol–water partition coefficient (Wildman–Crippen LogP) is 3.09. The van der Waals surface area contributed by atoms with Crippen molar-refractivity contribution < 1.29 is 18.1 Å². The molecule has 1 aliphatic heterocycles. The number of rotatable bonds is 6. The number of nitrogens with one attached hydrogen (secondary N) is 1. The van der Waals surface area contributed by atoms with Crippen LogP contribution in [0.3, 0.4) is 0 Å². The lowest BCUT2D eigenvalue weighted by atomic mass is 10.1. The van der Waals surface area contributed by atoms with Crippen molar-refractivity contribution in [2.24, 2.45) is 0 Å². The maximum Gasteiger partial charge on any atom is 0.293 e. The molecule has 0 spiro atoms. The minimum Gasteiger partial charge on any atom is -0.366 e. The first kappa shape index (κ1) is 20.8. The van der Waals surface area contributed by atoms with Crippen LogP contribution in [0.1, 0.15) is 41.7 Å². The molecule has 1 atom stereocenters. The largest absolute Gasteiger partial charge is 0.366 e. The van der Waals surface area contributed by atoms with E-state index >= 15 is 0 Å². The van der Waals surface area contributed by atoms with Crippen LogP contribution in [0.25, 0.3) is 0 Å². The van der Waals surface area contributed by atoms with Gasteiger partial charge >= 0.3 is 0 Å². The van der Waals surface area contributed by atoms with E-state index < -0.39 is 26.7 Å². The highest BCUT2D eigenvalue weighted by atomic mass is 32.2. The van der Waals surface area contributed by atoms with E-state index in [9.17, 15) is 23.3 Å². The molecule has 0 aromatic heterocycles. The Kier molecular flexibility index (Phi) is 5.88. The number of carbonyl (C=O) groups excluding carboxylic acids is 1. The highest BCUT2D eigenvalue weighted by molar-refractivity contribution is 7.90. The van der Waals surface area contributed by atoms with E-state index in [4.69, 9.17) is 0 Å². The van der Waals surface area contributed by atoms with Crippen molar-refractivity contribution in [1.29, 1.82) is 0 Å². The van der Waals surface area contributed by atoms with Crippen LogP contribution in [-0.4, -0.2) is 38.6 Å². The first-order valence-corrected chi connectivity index (χ1v) is 11.2. The van der Waals surface area contributed by atoms with Gasteiger partial charge in [-0.25, -0.2) is 8.42 Å². The SMILES string of the molecule is CC(NC(=O)c1ccc(N2CCCC2)c([N+](=O)[O-])c1)c1ccc(S(C)(=O)=O)cc1. The van der Waals surface area contributed by atoms with E-state index in [1.807, 2.05) is 4.90 Å². The van der Waals surface area contributed by atoms with E-state index in [0.717, 1.165) is 37.8 Å². The molecular weight excluding hydrogens is 394 g/mol. The molecule has 1 fully saturated rings. The summed E-state index contributed by atoms with van der Waals surface area (Å²) in [7, 11) is -3.29. The molecule has 1 unspecified atom stereocenters. The van der Waals surface area contributed by atoms with Gasteiger partial charge in [-0.1, -0.05) is 12.1 Å². The number of anilines is 1. The Morgan fingerprint density at radius 1 is 1.14 bits per heavy atom. The van der Waals surface area contributed by atoms with E-state index in [1.54, 1.807) is 31.2 Å². The van der Waals surface area contributed by atoms with Crippen LogP contribution in [0.15, 0.2) is 47.4 Å². The lowest BCUT2D eigenvalue weighted by molar-refractivity contribution is -0.384. The highest BCUT2D eigenvalue weighted by Gasteiger charge is 2.24. The van der Waals surface area contributed by atoms with Gasteiger partial charge in [0.15, 0.2) is 9.84 Å². The molecule has 0 bridgehead atoms. The van der Waals surface area contributed by atoms with Crippen molar-refractivity contribution in [1.82, 2.24) is 5.32 Å². The first-order chi connectivity index (χ1) is 13.7. The molecule has 29 heavy (non-hydrogen) atoms. The van der Waals surface area contributed by atoms with Crippen molar-refractivity contribution in [3.8, 4) is 0 Å². The summed E-state index contributed by atoms with van der Waals surface area (Å²) in [5.41, 5.74) is 1.39. The Balaban J connectivity index is 1.77. The quantitative estimate of drug-likeness (QED) is 0.571. The van der Waals surface area contributed by atoms with Crippen LogP contribution in [0.4, 0.5) is 11.4 Å². The Labute approximate surface area is 169 Å². The molecule has 1 saturated heterocycles. The molecule has 1 aliphatic rings. The van der Waals surface area contributed by atoms with Crippen LogP contribution in [0.2, 0.25) is 0 Å². The second kappa shape index (κ2) is 8.20. The summed E-state index contributed by atoms with van der Waals surface area (Å²) in [5, 5.41) is 14.3. The van der Waals surface area contributed by atoms with Gasteiger partial charge < -0.3 is 10.2 Å². The number of hydrogen-bond acceptors (Lipinski definition) is 6. The number of nitrogens with zero attached hydrogens (tertiary/aromatic N) is 2. The Morgan fingerprint density at radius 2 is 1.76 bits per heavy atom. The Morgan fingerprint density at radius 3 is 2.31 bits per heavy atom. The van der Waals surface area contributed by atoms with Gasteiger partial charge in [0.05, 0.1) is 15.9 Å². The van der Waals surface area contributed by atoms with Crippen molar-refractivity contribution in [3.05, 3.63) is 63.7 Å². The molecule has 2 aromatic carbocycles. The summed E-state index contributed by atoms with van der Waals surface area (Å²) in [6.45, 7) is 3.31. The minimum absolute atomic E-state index is 0.0790. The monoisotopic (exact) mass is 417 g/mol. The maximum atomic E-state index is 12.6. The van der Waals surface area contributed by atoms with Crippen LogP contribution in [0.5, 0.6) is 0 Å². The zero-order chi connectivity index (χ0) is 21.2. The zero-order valence-electron chi connectivity index (χ0n) is 16.3. The zero-order valence-corrected chi connectivity index (χ0v) is 17.1. The molecular formula is C20H23N3O5S. The molecule has 3 rings (SSSR count). The highest BCUT2D eigenvalue weighted by Crippen LogP contribution is 2.31. The smallest absolute Gasteiger partial charge is 0.293 e. The van der Waals surface area contributed by atoms with Crippen molar-refractivity contribution in [2.75, 3.05) is 24.2 Å². The summed E-state index contributed by atoms with van der Waals surface area (Å²) < 4.78 is 23.1. The van der Waals surface area contributed by atoms with E-state index in [2.05, 4.69) is 5.32 Å². The standard InChI is InChI=1S/C20H23N3O5S/c1-14(15-5-8-17(9-6-15)29(2,27)28)21-20(24)16-7-10-18(19(13-16)23(25)26)22-11-3-4-12-22/h5-10,13-14H,3-4,11-12H2,1-2H3,(H,21,24). The van der Waals surface area contributed by atoms with Crippen LogP contribution >= 0.6 is 0 Å². The van der Waals surface area contributed by atoms with Gasteiger partial charge in [-0.15, -0.1) is 0 Å². The number of hydrogen-bond donors (Lipinski definition) is 1. The summed E-state index contributed by atoms with van der Waals surface area (Å²) in [6, 6.07) is 10.4. The molecule has 0 radical (unpaired) electrons. The van der Waals surface area contributed by atoms with E-state index in [1.165, 1.54) is 18.2 Å². The maximum absolute atomic E-state index is 12.6. The van der Waals surface area contributed by atoms with Gasteiger partial charge in [0.1, 0.15) is 5.69 Å². The van der Waals surface area contributed by atoms with Crippen molar-refractivity contribution in [2.45, 2.75) is 30.7 Å². The van der Waals surface area contributed by atoms with E-state index in [0.29, 0.717) is 5.69 Å². The fourth-order valence-electron chi connectivity index (χ4n) is 3.40.